The van der Waals surface area contributed by atoms with Crippen LogP contribution in [0.15, 0.2) is 66.7 Å². The fourth-order valence-electron chi connectivity index (χ4n) is 6.57. The third kappa shape index (κ3) is 9.99. The van der Waals surface area contributed by atoms with E-state index < -0.39 is 17.8 Å². The molecular weight excluding hydrogens is 677 g/mol. The third-order valence-electron chi connectivity index (χ3n) is 9.60. The summed E-state index contributed by atoms with van der Waals surface area (Å²) in [5, 5.41) is 8.79. The first-order chi connectivity index (χ1) is 25.6. The summed E-state index contributed by atoms with van der Waals surface area (Å²) in [5.74, 6) is -1.30. The molecule has 1 saturated carbocycles. The maximum atomic E-state index is 15.3. The standard InChI is InChI=1S/C40H48FN7O5/c1-26(2)48-21-19-47(20-22-48)23-24-51-33-18-17-30(25-32(33)41)42-39-45-37(52-31-15-6-5-7-16-31)34(36(49)44-35-27(3)11-10-12-28(35)4)38(46-39)53-40(50)43-29-13-8-9-14-29/h5-7,10-12,15-18,25-26,29H,8-9,13-14,19-24H2,1-4H3,(H,43,50)(H,44,49)(H,42,45,46). The van der Waals surface area contributed by atoms with Crippen LogP contribution >= 0.6 is 0 Å². The van der Waals surface area contributed by atoms with Crippen molar-refractivity contribution in [3.8, 4) is 23.3 Å². The number of halogens is 1. The van der Waals surface area contributed by atoms with Crippen LogP contribution in [-0.4, -0.2) is 83.2 Å². The molecule has 13 heteroatoms. The normalized spacial score (nSPS) is 15.3. The summed E-state index contributed by atoms with van der Waals surface area (Å²) in [6.07, 6.45) is 2.90. The second-order valence-corrected chi connectivity index (χ2v) is 13.8. The van der Waals surface area contributed by atoms with Gasteiger partial charge >= 0.3 is 6.09 Å². The van der Waals surface area contributed by atoms with E-state index in [4.69, 9.17) is 14.2 Å². The lowest BCUT2D eigenvalue weighted by molar-refractivity contribution is 0.0965. The Kier molecular flexibility index (Phi) is 12.4. The molecule has 2 aliphatic rings. The quantitative estimate of drug-likeness (QED) is 0.128. The molecule has 0 unspecified atom stereocenters. The summed E-state index contributed by atoms with van der Waals surface area (Å²) < 4.78 is 33.1. The van der Waals surface area contributed by atoms with Gasteiger partial charge in [0.25, 0.3) is 5.91 Å². The van der Waals surface area contributed by atoms with Crippen molar-refractivity contribution in [3.63, 3.8) is 0 Å². The monoisotopic (exact) mass is 725 g/mol. The van der Waals surface area contributed by atoms with Crippen LogP contribution in [0.5, 0.6) is 23.3 Å². The van der Waals surface area contributed by atoms with E-state index in [0.29, 0.717) is 36.3 Å². The molecule has 2 heterocycles. The molecule has 12 nitrogen and oxygen atoms in total. The number of rotatable bonds is 13. The lowest BCUT2D eigenvalue weighted by Gasteiger charge is -2.36. The van der Waals surface area contributed by atoms with Gasteiger partial charge in [-0.05, 0) is 75.9 Å². The minimum absolute atomic E-state index is 0.0485. The molecule has 0 bridgehead atoms. The van der Waals surface area contributed by atoms with Gasteiger partial charge in [-0.15, -0.1) is 0 Å². The van der Waals surface area contributed by atoms with Crippen LogP contribution in [0, 0.1) is 19.7 Å². The Morgan fingerprint density at radius 3 is 2.28 bits per heavy atom. The maximum absolute atomic E-state index is 15.3. The van der Waals surface area contributed by atoms with Crippen LogP contribution in [0.3, 0.4) is 0 Å². The molecule has 1 saturated heterocycles. The van der Waals surface area contributed by atoms with E-state index in [0.717, 1.165) is 63.0 Å². The summed E-state index contributed by atoms with van der Waals surface area (Å²) in [4.78, 5) is 41.0. The van der Waals surface area contributed by atoms with E-state index in [2.05, 4.69) is 49.6 Å². The first kappa shape index (κ1) is 37.5. The number of aromatic nitrogens is 2. The summed E-state index contributed by atoms with van der Waals surface area (Å²) in [5.41, 5.74) is 2.38. The Hall–Kier alpha value is -5.27. The second kappa shape index (κ2) is 17.5. The van der Waals surface area contributed by atoms with Gasteiger partial charge < -0.3 is 30.2 Å². The number of hydrogen-bond donors (Lipinski definition) is 3. The number of aryl methyl sites for hydroxylation is 2. The van der Waals surface area contributed by atoms with Crippen molar-refractivity contribution in [2.45, 2.75) is 65.5 Å². The minimum Gasteiger partial charge on any atom is -0.489 e. The van der Waals surface area contributed by atoms with Crippen LogP contribution in [0.25, 0.3) is 0 Å². The predicted molar refractivity (Wildman–Crippen MR) is 202 cm³/mol. The van der Waals surface area contributed by atoms with E-state index in [-0.39, 0.29) is 35.1 Å². The van der Waals surface area contributed by atoms with Gasteiger partial charge in [0.1, 0.15) is 12.4 Å². The van der Waals surface area contributed by atoms with Crippen LogP contribution < -0.4 is 30.2 Å². The Balaban J connectivity index is 1.25. The van der Waals surface area contributed by atoms with Crippen molar-refractivity contribution in [3.05, 3.63) is 89.2 Å². The Morgan fingerprint density at radius 2 is 1.60 bits per heavy atom. The van der Waals surface area contributed by atoms with Gasteiger partial charge in [-0.25, -0.2) is 9.18 Å². The molecule has 3 N–H and O–H groups in total. The van der Waals surface area contributed by atoms with Gasteiger partial charge in [-0.1, -0.05) is 49.2 Å². The molecule has 1 aliphatic carbocycles. The fraction of sp³-hybridized carbons (Fsp3) is 0.400. The first-order valence-corrected chi connectivity index (χ1v) is 18.3. The maximum Gasteiger partial charge on any atom is 0.414 e. The van der Waals surface area contributed by atoms with E-state index in [1.165, 1.54) is 12.1 Å². The van der Waals surface area contributed by atoms with Crippen molar-refractivity contribution in [2.75, 3.05) is 50.0 Å². The number of hydrogen-bond acceptors (Lipinski definition) is 10. The van der Waals surface area contributed by atoms with Crippen LogP contribution in [0.4, 0.5) is 26.5 Å². The van der Waals surface area contributed by atoms with Crippen LogP contribution in [0.1, 0.15) is 61.0 Å². The number of para-hydroxylation sites is 2. The topological polar surface area (TPSA) is 130 Å². The molecule has 0 radical (unpaired) electrons. The van der Waals surface area contributed by atoms with Crippen molar-refractivity contribution in [2.24, 2.45) is 0 Å². The number of nitrogens with zero attached hydrogens (tertiary/aromatic N) is 4. The molecule has 280 valence electrons. The summed E-state index contributed by atoms with van der Waals surface area (Å²) >= 11 is 0. The smallest absolute Gasteiger partial charge is 0.414 e. The van der Waals surface area contributed by atoms with E-state index in [1.807, 2.05) is 38.1 Å². The average molecular weight is 726 g/mol. The van der Waals surface area contributed by atoms with Gasteiger partial charge in [-0.3, -0.25) is 14.6 Å². The molecule has 4 aromatic rings. The lowest BCUT2D eigenvalue weighted by atomic mass is 10.1. The van der Waals surface area contributed by atoms with E-state index in [9.17, 15) is 9.59 Å². The van der Waals surface area contributed by atoms with E-state index in [1.54, 1.807) is 30.3 Å². The second-order valence-electron chi connectivity index (χ2n) is 13.8. The zero-order chi connectivity index (χ0) is 37.3. The molecule has 1 aliphatic heterocycles. The van der Waals surface area contributed by atoms with Crippen LogP contribution in [0.2, 0.25) is 0 Å². The number of ether oxygens (including phenoxy) is 3. The molecule has 6 rings (SSSR count). The highest BCUT2D eigenvalue weighted by Crippen LogP contribution is 2.34. The molecule has 2 fully saturated rings. The predicted octanol–water partition coefficient (Wildman–Crippen LogP) is 7.46. The zero-order valence-electron chi connectivity index (χ0n) is 30.8. The largest absolute Gasteiger partial charge is 0.489 e. The molecule has 0 spiro atoms. The van der Waals surface area contributed by atoms with E-state index >= 15 is 4.39 Å². The Bertz CT molecular complexity index is 1860. The molecule has 1 aromatic heterocycles. The van der Waals surface area contributed by atoms with Gasteiger partial charge in [0.05, 0.1) is 0 Å². The fourth-order valence-corrected chi connectivity index (χ4v) is 6.57. The third-order valence-corrected chi connectivity index (χ3v) is 9.60. The Morgan fingerprint density at radius 1 is 0.906 bits per heavy atom. The van der Waals surface area contributed by atoms with Crippen molar-refractivity contribution >= 4 is 29.3 Å². The molecule has 53 heavy (non-hydrogen) atoms. The van der Waals surface area contributed by atoms with Crippen molar-refractivity contribution < 1.29 is 28.2 Å². The average Bonchev–Trinajstić information content (AvgIpc) is 3.64. The van der Waals surface area contributed by atoms with Crippen LogP contribution in [-0.2, 0) is 0 Å². The van der Waals surface area contributed by atoms with Gasteiger partial charge in [0.15, 0.2) is 17.1 Å². The Labute approximate surface area is 310 Å². The highest BCUT2D eigenvalue weighted by Gasteiger charge is 2.29. The number of nitrogens with one attached hydrogen (secondary N) is 3. The number of benzene rings is 3. The van der Waals surface area contributed by atoms with Crippen molar-refractivity contribution in [1.29, 1.82) is 0 Å². The molecule has 3 aromatic carbocycles. The lowest BCUT2D eigenvalue weighted by Crippen LogP contribution is -2.49. The molecular formula is C40H48FN7O5. The molecule has 2 amide bonds. The van der Waals surface area contributed by atoms with Gasteiger partial charge in [0.2, 0.25) is 17.7 Å². The first-order valence-electron chi connectivity index (χ1n) is 18.3. The highest BCUT2D eigenvalue weighted by atomic mass is 19.1. The highest BCUT2D eigenvalue weighted by molar-refractivity contribution is 6.08. The number of anilines is 3. The summed E-state index contributed by atoms with van der Waals surface area (Å²) in [6.45, 7) is 13.1. The van der Waals surface area contributed by atoms with Crippen molar-refractivity contribution in [1.82, 2.24) is 25.1 Å². The van der Waals surface area contributed by atoms with Gasteiger partial charge in [0, 0.05) is 62.2 Å². The number of amides is 2. The summed E-state index contributed by atoms with van der Waals surface area (Å²) in [7, 11) is 0. The summed E-state index contributed by atoms with van der Waals surface area (Å²) in [6, 6.07) is 19.4. The molecule has 0 atom stereocenters. The number of piperazine rings is 1. The SMILES string of the molecule is Cc1cccc(C)c1NC(=O)c1c(OC(=O)NC2CCCC2)nc(Nc2ccc(OCCN3CCN(C(C)C)CC3)c(F)c2)nc1Oc1ccccc1. The minimum atomic E-state index is -0.761. The van der Waals surface area contributed by atoms with Gasteiger partial charge in [-0.2, -0.15) is 9.97 Å². The number of carbonyl (C=O) groups is 2. The number of carbonyl (C=O) groups excluding carboxylic acids is 2. The zero-order valence-corrected chi connectivity index (χ0v) is 30.8.